The summed E-state index contributed by atoms with van der Waals surface area (Å²) in [4.78, 5) is 55.4. The summed E-state index contributed by atoms with van der Waals surface area (Å²) in [5.74, 6) is -1.02. The number of carbonyl (C=O) groups is 2. The van der Waals surface area contributed by atoms with E-state index in [9.17, 15) is 19.2 Å². The minimum Gasteiger partial charge on any atom is -0.383 e. The first-order valence-electron chi connectivity index (χ1n) is 9.83. The molecule has 0 atom stereocenters. The molecule has 10 nitrogen and oxygen atoms in total. The van der Waals surface area contributed by atoms with Gasteiger partial charge in [-0.05, 0) is 12.5 Å². The van der Waals surface area contributed by atoms with Crippen LogP contribution in [-0.4, -0.2) is 53.1 Å². The molecule has 0 spiro atoms. The Bertz CT molecular complexity index is 1110. The van der Waals surface area contributed by atoms with E-state index in [1.807, 2.05) is 6.92 Å². The van der Waals surface area contributed by atoms with E-state index in [0.29, 0.717) is 23.2 Å². The van der Waals surface area contributed by atoms with Crippen molar-refractivity contribution in [2.24, 2.45) is 0 Å². The van der Waals surface area contributed by atoms with Gasteiger partial charge in [0.1, 0.15) is 12.4 Å². The smallest absolute Gasteiger partial charge is 0.330 e. The lowest BCUT2D eigenvalue weighted by atomic mass is 10.1. The molecule has 2 aromatic rings. The van der Waals surface area contributed by atoms with Crippen molar-refractivity contribution in [1.29, 1.82) is 0 Å². The normalized spacial score (nSPS) is 12.9. The van der Waals surface area contributed by atoms with Crippen molar-refractivity contribution in [1.82, 2.24) is 14.5 Å². The Morgan fingerprint density at radius 3 is 2.52 bits per heavy atom. The summed E-state index contributed by atoms with van der Waals surface area (Å²) < 4.78 is 6.28. The van der Waals surface area contributed by atoms with E-state index in [0.717, 1.165) is 4.90 Å². The summed E-state index contributed by atoms with van der Waals surface area (Å²) in [7, 11) is 1.46. The molecule has 1 aliphatic heterocycles. The number of H-pyrrole nitrogens is 1. The number of hydrogen-bond acceptors (Lipinski definition) is 6. The molecule has 1 aromatic carbocycles. The first-order valence-corrected chi connectivity index (χ1v) is 9.83. The van der Waals surface area contributed by atoms with E-state index >= 15 is 0 Å². The van der Waals surface area contributed by atoms with Crippen LogP contribution in [0, 0.1) is 0 Å². The predicted molar refractivity (Wildman–Crippen MR) is 117 cm³/mol. The molecule has 10 heteroatoms. The highest BCUT2D eigenvalue weighted by atomic mass is 16.5. The number of ether oxygens (including phenoxy) is 1. The zero-order valence-corrected chi connectivity index (χ0v) is 17.5. The summed E-state index contributed by atoms with van der Waals surface area (Å²) in [5, 5.41) is 0. The van der Waals surface area contributed by atoms with E-state index in [-0.39, 0.29) is 43.7 Å². The number of rotatable bonds is 8. The molecule has 1 aliphatic rings. The zero-order chi connectivity index (χ0) is 22.7. The van der Waals surface area contributed by atoms with Gasteiger partial charge in [0, 0.05) is 37.0 Å². The Hall–Kier alpha value is -3.66. The highest BCUT2D eigenvalue weighted by Gasteiger charge is 2.34. The minimum atomic E-state index is -0.783. The van der Waals surface area contributed by atoms with Gasteiger partial charge in [-0.1, -0.05) is 31.7 Å². The third-order valence-electron chi connectivity index (χ3n) is 5.08. The number of amides is 2. The van der Waals surface area contributed by atoms with Gasteiger partial charge >= 0.3 is 5.69 Å². The Balaban J connectivity index is 1.98. The van der Waals surface area contributed by atoms with Gasteiger partial charge in [0.25, 0.3) is 11.5 Å². The van der Waals surface area contributed by atoms with Crippen LogP contribution in [0.5, 0.6) is 0 Å². The second-order valence-electron chi connectivity index (χ2n) is 7.07. The van der Waals surface area contributed by atoms with Gasteiger partial charge in [-0.25, -0.2) is 4.79 Å². The van der Waals surface area contributed by atoms with Crippen LogP contribution in [0.4, 0.5) is 11.5 Å². The molecule has 0 saturated carbocycles. The molecule has 0 unspecified atom stereocenters. The van der Waals surface area contributed by atoms with Crippen molar-refractivity contribution < 1.29 is 14.3 Å². The largest absolute Gasteiger partial charge is 0.383 e. The number of hydrogen-bond donors (Lipinski definition) is 2. The van der Waals surface area contributed by atoms with Crippen molar-refractivity contribution in [3.05, 3.63) is 62.8 Å². The molecule has 0 fully saturated rings. The second-order valence-corrected chi connectivity index (χ2v) is 7.07. The maximum atomic E-state index is 13.2. The molecule has 31 heavy (non-hydrogen) atoms. The Morgan fingerprint density at radius 1 is 1.23 bits per heavy atom. The summed E-state index contributed by atoms with van der Waals surface area (Å²) >= 11 is 0. The molecule has 0 bridgehead atoms. The van der Waals surface area contributed by atoms with Gasteiger partial charge in [-0.15, -0.1) is 0 Å². The van der Waals surface area contributed by atoms with Crippen LogP contribution in [0.15, 0.2) is 40.4 Å². The number of aromatic nitrogens is 2. The monoisotopic (exact) mass is 427 g/mol. The number of anilines is 2. The first kappa shape index (κ1) is 22.0. The summed E-state index contributed by atoms with van der Waals surface area (Å²) in [5.41, 5.74) is 6.05. The number of nitrogens with zero attached hydrogens (tertiary/aromatic N) is 3. The summed E-state index contributed by atoms with van der Waals surface area (Å²) in [6, 6.07) is 6.94. The van der Waals surface area contributed by atoms with Crippen molar-refractivity contribution in [3.8, 4) is 0 Å². The predicted octanol–water partition coefficient (Wildman–Crippen LogP) is 0.635. The van der Waals surface area contributed by atoms with Crippen LogP contribution in [-0.2, 0) is 16.1 Å². The van der Waals surface area contributed by atoms with E-state index in [1.54, 1.807) is 24.3 Å². The van der Waals surface area contributed by atoms with Gasteiger partial charge in [0.05, 0.1) is 6.61 Å². The quantitative estimate of drug-likeness (QED) is 0.636. The zero-order valence-electron chi connectivity index (χ0n) is 17.5. The SMILES string of the molecule is C=C1c2ccccc2C(=O)N1CC(=O)N(CCOC)c1c(N)n(CCC)c(=O)[nH]c1=O. The van der Waals surface area contributed by atoms with E-state index in [4.69, 9.17) is 10.5 Å². The molecule has 164 valence electrons. The lowest BCUT2D eigenvalue weighted by Gasteiger charge is -2.26. The average Bonchev–Trinajstić information content (AvgIpc) is 2.98. The summed E-state index contributed by atoms with van der Waals surface area (Å²) in [6.45, 7) is 5.84. The number of nitrogen functional groups attached to an aromatic ring is 1. The molecule has 2 amide bonds. The van der Waals surface area contributed by atoms with Gasteiger partial charge in [-0.3, -0.25) is 28.8 Å². The fraction of sp³-hybridized carbons (Fsp3) is 0.333. The topological polar surface area (TPSA) is 131 Å². The maximum absolute atomic E-state index is 13.2. The Labute approximate surface area is 178 Å². The number of nitrogens with one attached hydrogen (secondary N) is 1. The maximum Gasteiger partial charge on any atom is 0.330 e. The molecule has 0 aliphatic carbocycles. The molecule has 2 heterocycles. The molecule has 1 aromatic heterocycles. The molecule has 0 radical (unpaired) electrons. The lowest BCUT2D eigenvalue weighted by molar-refractivity contribution is -0.118. The number of methoxy groups -OCH3 is 1. The van der Waals surface area contributed by atoms with Gasteiger partial charge in [0.15, 0.2) is 5.69 Å². The van der Waals surface area contributed by atoms with E-state index in [2.05, 4.69) is 11.6 Å². The summed E-state index contributed by atoms with van der Waals surface area (Å²) in [6.07, 6.45) is 0.599. The van der Waals surface area contributed by atoms with Gasteiger partial charge < -0.3 is 15.4 Å². The molecular formula is C21H25N5O5. The lowest BCUT2D eigenvalue weighted by Crippen LogP contribution is -2.46. The first-order chi connectivity index (χ1) is 14.8. The Morgan fingerprint density at radius 2 is 1.90 bits per heavy atom. The van der Waals surface area contributed by atoms with Crippen molar-refractivity contribution in [2.45, 2.75) is 19.9 Å². The number of nitrogens with two attached hydrogens (primary N) is 1. The second kappa shape index (κ2) is 9.00. The highest BCUT2D eigenvalue weighted by Crippen LogP contribution is 2.31. The highest BCUT2D eigenvalue weighted by molar-refractivity contribution is 6.11. The minimum absolute atomic E-state index is 0.00833. The molecule has 3 N–H and O–H groups in total. The van der Waals surface area contributed by atoms with Gasteiger partial charge in [0.2, 0.25) is 5.91 Å². The molecule has 3 rings (SSSR count). The molecule has 0 saturated heterocycles. The standard InChI is InChI=1S/C21H25N5O5/c1-4-9-25-18(22)17(19(28)23-21(25)30)24(10-11-31-3)16(27)12-26-13(2)14-7-5-6-8-15(14)20(26)29/h5-8H,2,4,9-12,22H2,1,3H3,(H,23,28,30). The van der Waals surface area contributed by atoms with Crippen LogP contribution < -0.4 is 21.9 Å². The molecular weight excluding hydrogens is 402 g/mol. The van der Waals surface area contributed by atoms with Crippen LogP contribution in [0.2, 0.25) is 0 Å². The van der Waals surface area contributed by atoms with E-state index < -0.39 is 17.2 Å². The number of aromatic amines is 1. The van der Waals surface area contributed by atoms with Crippen molar-refractivity contribution in [3.63, 3.8) is 0 Å². The van der Waals surface area contributed by atoms with E-state index in [1.165, 1.54) is 16.6 Å². The fourth-order valence-electron chi connectivity index (χ4n) is 3.55. The van der Waals surface area contributed by atoms with Crippen LogP contribution in [0.3, 0.4) is 0 Å². The third kappa shape index (κ3) is 4.02. The van der Waals surface area contributed by atoms with Crippen molar-refractivity contribution in [2.75, 3.05) is 37.4 Å². The number of carbonyl (C=O) groups excluding carboxylic acids is 2. The number of benzene rings is 1. The van der Waals surface area contributed by atoms with Crippen LogP contribution >= 0.6 is 0 Å². The fourth-order valence-corrected chi connectivity index (χ4v) is 3.55. The average molecular weight is 427 g/mol. The van der Waals surface area contributed by atoms with Crippen molar-refractivity contribution >= 4 is 29.0 Å². The Kier molecular flexibility index (Phi) is 6.40. The van der Waals surface area contributed by atoms with Crippen LogP contribution in [0.25, 0.3) is 5.70 Å². The number of fused-ring (bicyclic) bond motifs is 1. The van der Waals surface area contributed by atoms with Crippen LogP contribution in [0.1, 0.15) is 29.3 Å². The third-order valence-corrected chi connectivity index (χ3v) is 5.08. The van der Waals surface area contributed by atoms with Gasteiger partial charge in [-0.2, -0.15) is 0 Å².